The van der Waals surface area contributed by atoms with Gasteiger partial charge in [0.05, 0.1) is 5.56 Å². The van der Waals surface area contributed by atoms with Crippen LogP contribution in [0.3, 0.4) is 0 Å². The van der Waals surface area contributed by atoms with Crippen LogP contribution in [0.4, 0.5) is 48.3 Å². The average molecular weight is 362 g/mol. The fourth-order valence-corrected chi connectivity index (χ4v) is 1.60. The number of benzene rings is 1. The molecule has 1 rings (SSSR count). The zero-order valence-corrected chi connectivity index (χ0v) is 10.0. The molecule has 0 spiro atoms. The van der Waals surface area contributed by atoms with E-state index in [4.69, 9.17) is 5.11 Å². The van der Waals surface area contributed by atoms with Crippen molar-refractivity contribution in [3.8, 4) is 0 Å². The number of aromatic carboxylic acids is 1. The Kier molecular flexibility index (Phi) is 4.31. The van der Waals surface area contributed by atoms with Crippen LogP contribution in [0.1, 0.15) is 15.9 Å². The van der Waals surface area contributed by atoms with Crippen LogP contribution >= 0.6 is 0 Å². The molecule has 0 aliphatic carbocycles. The molecule has 0 aromatic heterocycles. The molecule has 0 heterocycles. The molecule has 1 N–H and O–H groups in total. The van der Waals surface area contributed by atoms with Gasteiger partial charge in [-0.2, -0.15) is 26.3 Å². The molecule has 0 bridgehead atoms. The SMILES string of the molecule is O=C(O)c1c(F)c(F)c(F)c(F)c1C(F)(C(F)(F)F)C(F)(F)F. The van der Waals surface area contributed by atoms with E-state index in [0.29, 0.717) is 0 Å². The van der Waals surface area contributed by atoms with Gasteiger partial charge in [0, 0.05) is 0 Å². The molecule has 0 unspecified atom stereocenters. The van der Waals surface area contributed by atoms with Gasteiger partial charge in [-0.05, 0) is 0 Å². The highest BCUT2D eigenvalue weighted by molar-refractivity contribution is 5.90. The molecule has 0 amide bonds. The van der Waals surface area contributed by atoms with Gasteiger partial charge in [0.2, 0.25) is 0 Å². The maximum atomic E-state index is 13.7. The van der Waals surface area contributed by atoms with Gasteiger partial charge in [-0.25, -0.2) is 26.7 Å². The average Bonchev–Trinajstić information content (AvgIpc) is 2.36. The topological polar surface area (TPSA) is 37.3 Å². The minimum absolute atomic E-state index is 2.97. The quantitative estimate of drug-likeness (QED) is 0.486. The van der Waals surface area contributed by atoms with Crippen molar-refractivity contribution in [3.05, 3.63) is 34.4 Å². The first-order valence-corrected chi connectivity index (χ1v) is 5.01. The second kappa shape index (κ2) is 5.23. The summed E-state index contributed by atoms with van der Waals surface area (Å²) in [6.07, 6.45) is -14.1. The fourth-order valence-electron chi connectivity index (χ4n) is 1.60. The van der Waals surface area contributed by atoms with E-state index < -0.39 is 58.4 Å². The zero-order chi connectivity index (χ0) is 18.5. The van der Waals surface area contributed by atoms with Crippen molar-refractivity contribution in [2.45, 2.75) is 18.0 Å². The molecule has 1 aromatic rings. The highest BCUT2D eigenvalue weighted by atomic mass is 19.4. The summed E-state index contributed by atoms with van der Waals surface area (Å²) in [5.41, 5.74) is -13.3. The van der Waals surface area contributed by atoms with Crippen molar-refractivity contribution in [3.63, 3.8) is 0 Å². The van der Waals surface area contributed by atoms with Crippen molar-refractivity contribution in [2.75, 3.05) is 0 Å². The molecule has 0 aliphatic heterocycles. The molecule has 23 heavy (non-hydrogen) atoms. The third-order valence-electron chi connectivity index (χ3n) is 2.61. The molecule has 0 atom stereocenters. The first kappa shape index (κ1) is 19.0. The van der Waals surface area contributed by atoms with Crippen LogP contribution in [0, 0.1) is 23.3 Å². The smallest absolute Gasteiger partial charge is 0.436 e. The van der Waals surface area contributed by atoms with E-state index in [2.05, 4.69) is 0 Å². The maximum Gasteiger partial charge on any atom is 0.436 e. The molecule has 0 fully saturated rings. The Morgan fingerprint density at radius 3 is 1.35 bits per heavy atom. The highest BCUT2D eigenvalue weighted by Gasteiger charge is 2.75. The summed E-state index contributed by atoms with van der Waals surface area (Å²) in [5.74, 6) is -15.9. The van der Waals surface area contributed by atoms with Crippen LogP contribution in [-0.4, -0.2) is 23.4 Å². The van der Waals surface area contributed by atoms with Crippen molar-refractivity contribution in [2.24, 2.45) is 0 Å². The minimum Gasteiger partial charge on any atom is -0.478 e. The Balaban J connectivity index is 4.15. The number of carboxylic acid groups (broad SMARTS) is 1. The molecular formula is C10HF11O2. The van der Waals surface area contributed by atoms with Crippen LogP contribution in [0.5, 0.6) is 0 Å². The summed E-state index contributed by atoms with van der Waals surface area (Å²) in [6.45, 7) is 0. The van der Waals surface area contributed by atoms with Crippen LogP contribution in [-0.2, 0) is 5.67 Å². The molecule has 1 aromatic carbocycles. The molecule has 0 radical (unpaired) electrons. The fraction of sp³-hybridized carbons (Fsp3) is 0.300. The van der Waals surface area contributed by atoms with Gasteiger partial charge < -0.3 is 5.11 Å². The Morgan fingerprint density at radius 2 is 1.04 bits per heavy atom. The molecule has 0 saturated carbocycles. The Labute approximate surface area is 118 Å². The summed E-state index contributed by atoms with van der Waals surface area (Å²) in [5, 5.41) is 8.38. The normalized spacial score (nSPS) is 13.3. The second-order valence-corrected chi connectivity index (χ2v) is 3.97. The van der Waals surface area contributed by atoms with Gasteiger partial charge in [-0.3, -0.25) is 0 Å². The Hall–Kier alpha value is -2.08. The largest absolute Gasteiger partial charge is 0.478 e. The van der Waals surface area contributed by atoms with Crippen molar-refractivity contribution in [1.82, 2.24) is 0 Å². The number of halogens is 11. The predicted molar refractivity (Wildman–Crippen MR) is 48.1 cm³/mol. The van der Waals surface area contributed by atoms with Crippen molar-refractivity contribution < 1.29 is 58.2 Å². The Bertz CT molecular complexity index is 644. The van der Waals surface area contributed by atoms with Gasteiger partial charge in [0.1, 0.15) is 5.56 Å². The Morgan fingerprint density at radius 1 is 0.696 bits per heavy atom. The summed E-state index contributed by atoms with van der Waals surface area (Å²) in [7, 11) is 0. The summed E-state index contributed by atoms with van der Waals surface area (Å²) >= 11 is 0. The lowest BCUT2D eigenvalue weighted by atomic mass is 9.88. The number of carbonyl (C=O) groups is 1. The van der Waals surface area contributed by atoms with E-state index in [0.717, 1.165) is 0 Å². The lowest BCUT2D eigenvalue weighted by Crippen LogP contribution is -2.52. The maximum absolute atomic E-state index is 13.7. The van der Waals surface area contributed by atoms with Crippen molar-refractivity contribution in [1.29, 1.82) is 0 Å². The van der Waals surface area contributed by atoms with Gasteiger partial charge in [0.15, 0.2) is 23.3 Å². The number of hydrogen-bond acceptors (Lipinski definition) is 1. The predicted octanol–water partition coefficient (Wildman–Crippen LogP) is 4.23. The van der Waals surface area contributed by atoms with E-state index in [1.54, 1.807) is 0 Å². The van der Waals surface area contributed by atoms with E-state index in [1.807, 2.05) is 0 Å². The third kappa shape index (κ3) is 2.57. The lowest BCUT2D eigenvalue weighted by molar-refractivity contribution is -0.349. The number of rotatable bonds is 2. The van der Waals surface area contributed by atoms with Crippen molar-refractivity contribution >= 4 is 5.97 Å². The zero-order valence-electron chi connectivity index (χ0n) is 10.0. The molecule has 2 nitrogen and oxygen atoms in total. The molecule has 0 saturated heterocycles. The minimum atomic E-state index is -7.06. The van der Waals surface area contributed by atoms with Gasteiger partial charge in [-0.15, -0.1) is 0 Å². The highest BCUT2D eigenvalue weighted by Crippen LogP contribution is 2.55. The standard InChI is InChI=1S/C10HF11O2/c11-3-1(7(22)23)2(4(12)6(14)5(3)13)8(15,9(16,17)18)10(19,20)21/h(H,22,23). The summed E-state index contributed by atoms with van der Waals surface area (Å²) < 4.78 is 141. The van der Waals surface area contributed by atoms with E-state index in [1.165, 1.54) is 0 Å². The van der Waals surface area contributed by atoms with Gasteiger partial charge in [0.25, 0.3) is 0 Å². The first-order chi connectivity index (χ1) is 10.1. The molecular weight excluding hydrogens is 361 g/mol. The van der Waals surface area contributed by atoms with E-state index >= 15 is 0 Å². The van der Waals surface area contributed by atoms with Gasteiger partial charge in [-0.1, -0.05) is 0 Å². The lowest BCUT2D eigenvalue weighted by Gasteiger charge is -2.31. The number of alkyl halides is 7. The van der Waals surface area contributed by atoms with Crippen LogP contribution in [0.2, 0.25) is 0 Å². The van der Waals surface area contributed by atoms with Crippen LogP contribution in [0.15, 0.2) is 0 Å². The second-order valence-electron chi connectivity index (χ2n) is 3.97. The molecule has 130 valence electrons. The molecule has 13 heteroatoms. The van der Waals surface area contributed by atoms with Crippen LogP contribution < -0.4 is 0 Å². The van der Waals surface area contributed by atoms with E-state index in [-0.39, 0.29) is 0 Å². The summed E-state index contributed by atoms with van der Waals surface area (Å²) in [6, 6.07) is 0. The summed E-state index contributed by atoms with van der Waals surface area (Å²) in [4.78, 5) is 10.6. The van der Waals surface area contributed by atoms with Gasteiger partial charge >= 0.3 is 24.0 Å². The number of carboxylic acids is 1. The first-order valence-electron chi connectivity index (χ1n) is 5.01. The molecule has 0 aliphatic rings. The van der Waals surface area contributed by atoms with E-state index in [9.17, 15) is 53.1 Å². The monoisotopic (exact) mass is 362 g/mol. The third-order valence-corrected chi connectivity index (χ3v) is 2.61. The number of hydrogen-bond donors (Lipinski definition) is 1. The van der Waals surface area contributed by atoms with Crippen LogP contribution in [0.25, 0.3) is 0 Å².